The number of benzene rings is 1. The largest absolute Gasteiger partial charge is 0.330 e. The Kier molecular flexibility index (Phi) is 4.27. The van der Waals surface area contributed by atoms with Gasteiger partial charge in [-0.15, -0.1) is 0 Å². The normalized spacial score (nSPS) is 22.6. The molecule has 0 unspecified atom stereocenters. The van der Waals surface area contributed by atoms with Crippen LogP contribution in [0.1, 0.15) is 17.0 Å². The second kappa shape index (κ2) is 6.33. The van der Waals surface area contributed by atoms with Gasteiger partial charge in [-0.2, -0.15) is 0 Å². The Bertz CT molecular complexity index is 588. The van der Waals surface area contributed by atoms with Crippen LogP contribution in [0.15, 0.2) is 48.8 Å². The average Bonchev–Trinajstić information content (AvgIpc) is 2.91. The van der Waals surface area contributed by atoms with Crippen molar-refractivity contribution in [3.63, 3.8) is 0 Å². The van der Waals surface area contributed by atoms with Crippen LogP contribution in [0.2, 0.25) is 0 Å². The number of likely N-dealkylation sites (tertiary alicyclic amines) is 1. The molecule has 0 bridgehead atoms. The molecule has 2 atom stereocenters. The third-order valence-electron chi connectivity index (χ3n) is 4.21. The highest BCUT2D eigenvalue weighted by atomic mass is 19.1. The molecule has 4 heteroatoms. The minimum Gasteiger partial charge on any atom is -0.330 e. The zero-order valence-electron chi connectivity index (χ0n) is 12.0. The van der Waals surface area contributed by atoms with Crippen LogP contribution in [0.25, 0.3) is 0 Å². The quantitative estimate of drug-likeness (QED) is 0.938. The van der Waals surface area contributed by atoms with Crippen LogP contribution in [0.5, 0.6) is 0 Å². The number of nitrogens with two attached hydrogens (primary N) is 1. The predicted octanol–water partition coefficient (Wildman–Crippen LogP) is 2.40. The number of rotatable bonds is 4. The lowest BCUT2D eigenvalue weighted by Crippen LogP contribution is -2.23. The van der Waals surface area contributed by atoms with Gasteiger partial charge in [-0.25, -0.2) is 4.39 Å². The molecule has 0 amide bonds. The molecular weight excluding hydrogens is 265 g/mol. The van der Waals surface area contributed by atoms with Gasteiger partial charge in [0.1, 0.15) is 5.82 Å². The smallest absolute Gasteiger partial charge is 0.141 e. The average molecular weight is 285 g/mol. The van der Waals surface area contributed by atoms with E-state index in [1.165, 1.54) is 11.8 Å². The van der Waals surface area contributed by atoms with E-state index < -0.39 is 0 Å². The van der Waals surface area contributed by atoms with Gasteiger partial charge in [0, 0.05) is 31.7 Å². The van der Waals surface area contributed by atoms with Crippen LogP contribution >= 0.6 is 0 Å². The molecule has 0 saturated carbocycles. The first-order valence-electron chi connectivity index (χ1n) is 7.33. The molecule has 110 valence electrons. The molecule has 0 radical (unpaired) electrons. The van der Waals surface area contributed by atoms with Crippen molar-refractivity contribution in [3.8, 4) is 0 Å². The van der Waals surface area contributed by atoms with Crippen molar-refractivity contribution < 1.29 is 4.39 Å². The number of pyridine rings is 1. The van der Waals surface area contributed by atoms with Crippen LogP contribution < -0.4 is 5.73 Å². The van der Waals surface area contributed by atoms with E-state index >= 15 is 0 Å². The molecule has 1 saturated heterocycles. The summed E-state index contributed by atoms with van der Waals surface area (Å²) in [5, 5.41) is 0. The summed E-state index contributed by atoms with van der Waals surface area (Å²) in [4.78, 5) is 6.26. The first kappa shape index (κ1) is 14.2. The van der Waals surface area contributed by atoms with E-state index in [9.17, 15) is 4.39 Å². The molecule has 2 heterocycles. The highest BCUT2D eigenvalue weighted by Crippen LogP contribution is 2.32. The standard InChI is InChI=1S/C17H20FN3/c18-16-6-13(8-20-9-16)10-21-11-15(7-19)17(12-21)14-4-2-1-3-5-14/h1-6,8-9,15,17H,7,10-12,19H2/t15-,17+/m1/s1. The van der Waals surface area contributed by atoms with Crippen LogP contribution in [0.4, 0.5) is 4.39 Å². The summed E-state index contributed by atoms with van der Waals surface area (Å²) in [5.41, 5.74) is 8.20. The third-order valence-corrected chi connectivity index (χ3v) is 4.21. The van der Waals surface area contributed by atoms with Gasteiger partial charge in [0.2, 0.25) is 0 Å². The lowest BCUT2D eigenvalue weighted by molar-refractivity contribution is 0.316. The molecule has 1 aliphatic rings. The van der Waals surface area contributed by atoms with Crippen molar-refractivity contribution in [2.75, 3.05) is 19.6 Å². The number of halogens is 1. The molecule has 2 N–H and O–H groups in total. The second-order valence-corrected chi connectivity index (χ2v) is 5.72. The molecule has 1 aliphatic heterocycles. The zero-order chi connectivity index (χ0) is 14.7. The Morgan fingerprint density at radius 1 is 1.19 bits per heavy atom. The van der Waals surface area contributed by atoms with Crippen LogP contribution in [0, 0.1) is 11.7 Å². The van der Waals surface area contributed by atoms with Crippen molar-refractivity contribution in [2.24, 2.45) is 11.7 Å². The fourth-order valence-electron chi connectivity index (χ4n) is 3.21. The van der Waals surface area contributed by atoms with E-state index in [1.54, 1.807) is 12.3 Å². The molecule has 3 rings (SSSR count). The second-order valence-electron chi connectivity index (χ2n) is 5.72. The van der Waals surface area contributed by atoms with E-state index in [4.69, 9.17) is 5.73 Å². The fraction of sp³-hybridized carbons (Fsp3) is 0.353. The third kappa shape index (κ3) is 3.28. The summed E-state index contributed by atoms with van der Waals surface area (Å²) >= 11 is 0. The highest BCUT2D eigenvalue weighted by Gasteiger charge is 2.32. The monoisotopic (exact) mass is 285 g/mol. The Morgan fingerprint density at radius 3 is 2.71 bits per heavy atom. The summed E-state index contributed by atoms with van der Waals surface area (Å²) in [7, 11) is 0. The van der Waals surface area contributed by atoms with Gasteiger partial charge in [0.05, 0.1) is 6.20 Å². The van der Waals surface area contributed by atoms with Gasteiger partial charge in [-0.05, 0) is 29.7 Å². The van der Waals surface area contributed by atoms with Gasteiger partial charge >= 0.3 is 0 Å². The van der Waals surface area contributed by atoms with E-state index in [0.29, 0.717) is 18.4 Å². The molecule has 21 heavy (non-hydrogen) atoms. The highest BCUT2D eigenvalue weighted by molar-refractivity contribution is 5.23. The van der Waals surface area contributed by atoms with Gasteiger partial charge in [0.25, 0.3) is 0 Å². The van der Waals surface area contributed by atoms with Crippen molar-refractivity contribution in [1.29, 1.82) is 0 Å². The molecule has 1 aromatic carbocycles. The Balaban J connectivity index is 1.72. The van der Waals surface area contributed by atoms with Crippen molar-refractivity contribution in [3.05, 3.63) is 65.7 Å². The molecule has 2 aromatic rings. The molecule has 0 spiro atoms. The number of hydrogen-bond acceptors (Lipinski definition) is 3. The van der Waals surface area contributed by atoms with E-state index in [2.05, 4.69) is 34.1 Å². The minimum absolute atomic E-state index is 0.276. The number of hydrogen-bond donors (Lipinski definition) is 1. The Morgan fingerprint density at radius 2 is 2.00 bits per heavy atom. The molecule has 1 aromatic heterocycles. The Hall–Kier alpha value is -1.78. The van der Waals surface area contributed by atoms with Crippen molar-refractivity contribution >= 4 is 0 Å². The summed E-state index contributed by atoms with van der Waals surface area (Å²) in [6.45, 7) is 3.32. The van der Waals surface area contributed by atoms with E-state index in [-0.39, 0.29) is 5.82 Å². The van der Waals surface area contributed by atoms with Crippen molar-refractivity contribution in [1.82, 2.24) is 9.88 Å². The molecule has 3 nitrogen and oxygen atoms in total. The van der Waals surface area contributed by atoms with Gasteiger partial charge < -0.3 is 5.73 Å². The molecule has 1 fully saturated rings. The number of aromatic nitrogens is 1. The maximum Gasteiger partial charge on any atom is 0.141 e. The first-order chi connectivity index (χ1) is 10.3. The van der Waals surface area contributed by atoms with E-state index in [1.807, 2.05) is 6.07 Å². The van der Waals surface area contributed by atoms with Gasteiger partial charge in [-0.3, -0.25) is 9.88 Å². The Labute approximate surface area is 124 Å². The summed E-state index contributed by atoms with van der Waals surface area (Å²) in [5.74, 6) is 0.633. The van der Waals surface area contributed by atoms with Crippen LogP contribution in [-0.2, 0) is 6.54 Å². The SMILES string of the molecule is NC[C@@H]1CN(Cc2cncc(F)c2)C[C@H]1c1ccccc1. The van der Waals surface area contributed by atoms with Gasteiger partial charge in [-0.1, -0.05) is 30.3 Å². The number of nitrogens with zero attached hydrogens (tertiary/aromatic N) is 2. The van der Waals surface area contributed by atoms with Gasteiger partial charge in [0.15, 0.2) is 0 Å². The minimum atomic E-state index is -0.276. The van der Waals surface area contributed by atoms with Crippen LogP contribution in [0.3, 0.4) is 0 Å². The topological polar surface area (TPSA) is 42.1 Å². The van der Waals surface area contributed by atoms with E-state index in [0.717, 1.165) is 25.2 Å². The maximum atomic E-state index is 13.2. The lowest BCUT2D eigenvalue weighted by atomic mass is 9.89. The lowest BCUT2D eigenvalue weighted by Gasteiger charge is -2.16. The predicted molar refractivity (Wildman–Crippen MR) is 81.2 cm³/mol. The fourth-order valence-corrected chi connectivity index (χ4v) is 3.21. The maximum absolute atomic E-state index is 13.2. The molecular formula is C17H20FN3. The summed E-state index contributed by atoms with van der Waals surface area (Å²) in [6, 6.07) is 12.1. The first-order valence-corrected chi connectivity index (χ1v) is 7.33. The van der Waals surface area contributed by atoms with Crippen molar-refractivity contribution in [2.45, 2.75) is 12.5 Å². The van der Waals surface area contributed by atoms with Crippen LogP contribution in [-0.4, -0.2) is 29.5 Å². The molecule has 0 aliphatic carbocycles. The summed E-state index contributed by atoms with van der Waals surface area (Å²) in [6.07, 6.45) is 2.97. The summed E-state index contributed by atoms with van der Waals surface area (Å²) < 4.78 is 13.2. The zero-order valence-corrected chi connectivity index (χ0v) is 12.0.